The van der Waals surface area contributed by atoms with E-state index in [1.807, 2.05) is 6.92 Å². The second-order valence-electron chi connectivity index (χ2n) is 4.64. The van der Waals surface area contributed by atoms with E-state index in [9.17, 15) is 4.79 Å². The normalized spacial score (nSPS) is 14.8. The number of allylic oxidation sites excluding steroid dienone is 2. The topological polar surface area (TPSA) is 29.1 Å². The lowest BCUT2D eigenvalue weighted by atomic mass is 9.90. The summed E-state index contributed by atoms with van der Waals surface area (Å²) in [4.78, 5) is 11.5. The molecule has 0 fully saturated rings. The maximum absolute atomic E-state index is 11.5. The Balaban J connectivity index is 2.36. The van der Waals surface area contributed by atoms with Crippen molar-refractivity contribution in [3.8, 4) is 0 Å². The first-order chi connectivity index (χ1) is 7.56. The maximum atomic E-state index is 11.5. The third-order valence-electron chi connectivity index (χ3n) is 2.73. The molecule has 0 bridgehead atoms. The van der Waals surface area contributed by atoms with E-state index in [0.29, 0.717) is 12.5 Å². The van der Waals surface area contributed by atoms with Gasteiger partial charge in [-0.15, -0.1) is 0 Å². The van der Waals surface area contributed by atoms with Gasteiger partial charge in [0.2, 0.25) is 0 Å². The van der Waals surface area contributed by atoms with E-state index in [4.69, 9.17) is 0 Å². The molecule has 1 aromatic rings. The summed E-state index contributed by atoms with van der Waals surface area (Å²) >= 11 is 0. The number of rotatable bonds is 2. The number of hydrogen-bond donors (Lipinski definition) is 1. The van der Waals surface area contributed by atoms with Gasteiger partial charge in [-0.25, -0.2) is 0 Å². The minimum Gasteiger partial charge on any atom is -0.383 e. The van der Waals surface area contributed by atoms with Gasteiger partial charge in [0.1, 0.15) is 0 Å². The SMILES string of the molecule is CC1=CC(=O)Cc2cc(NC(C)C)ccc21. The minimum atomic E-state index is 0.201. The summed E-state index contributed by atoms with van der Waals surface area (Å²) < 4.78 is 0. The molecule has 1 aromatic carbocycles. The van der Waals surface area contributed by atoms with Crippen LogP contribution in [0.1, 0.15) is 31.9 Å². The van der Waals surface area contributed by atoms with Crippen molar-refractivity contribution in [2.45, 2.75) is 33.2 Å². The molecule has 1 aliphatic carbocycles. The first-order valence-electron chi connectivity index (χ1n) is 5.67. The van der Waals surface area contributed by atoms with Crippen LogP contribution in [-0.4, -0.2) is 11.8 Å². The van der Waals surface area contributed by atoms with Gasteiger partial charge in [-0.1, -0.05) is 6.07 Å². The monoisotopic (exact) mass is 215 g/mol. The summed E-state index contributed by atoms with van der Waals surface area (Å²) in [6.45, 7) is 6.21. The smallest absolute Gasteiger partial charge is 0.160 e. The second kappa shape index (κ2) is 4.12. The molecule has 0 atom stereocenters. The van der Waals surface area contributed by atoms with E-state index >= 15 is 0 Å². The molecule has 84 valence electrons. The second-order valence-corrected chi connectivity index (χ2v) is 4.64. The minimum absolute atomic E-state index is 0.201. The molecular weight excluding hydrogens is 198 g/mol. The summed E-state index contributed by atoms with van der Waals surface area (Å²) in [5.41, 5.74) is 4.50. The maximum Gasteiger partial charge on any atom is 0.160 e. The predicted octanol–water partition coefficient (Wildman–Crippen LogP) is 3.04. The predicted molar refractivity (Wildman–Crippen MR) is 67.6 cm³/mol. The molecule has 0 unspecified atom stereocenters. The molecule has 2 nitrogen and oxygen atoms in total. The Morgan fingerprint density at radius 1 is 1.31 bits per heavy atom. The first kappa shape index (κ1) is 10.9. The number of anilines is 1. The van der Waals surface area contributed by atoms with E-state index in [1.165, 1.54) is 5.56 Å². The molecule has 0 spiro atoms. The number of fused-ring (bicyclic) bond motifs is 1. The van der Waals surface area contributed by atoms with Gasteiger partial charge in [0.05, 0.1) is 0 Å². The standard InChI is InChI=1S/C14H17NO/c1-9(2)15-12-4-5-14-10(3)6-13(16)8-11(14)7-12/h4-7,9,15H,8H2,1-3H3. The Morgan fingerprint density at radius 2 is 2.06 bits per heavy atom. The highest BCUT2D eigenvalue weighted by Gasteiger charge is 2.14. The molecule has 0 heterocycles. The molecule has 0 aromatic heterocycles. The van der Waals surface area contributed by atoms with E-state index in [0.717, 1.165) is 16.8 Å². The van der Waals surface area contributed by atoms with Crippen LogP contribution < -0.4 is 5.32 Å². The van der Waals surface area contributed by atoms with Gasteiger partial charge in [0.25, 0.3) is 0 Å². The first-order valence-corrected chi connectivity index (χ1v) is 5.67. The Morgan fingerprint density at radius 3 is 2.75 bits per heavy atom. The molecular formula is C14H17NO. The van der Waals surface area contributed by atoms with Crippen LogP contribution in [-0.2, 0) is 11.2 Å². The molecule has 16 heavy (non-hydrogen) atoms. The fraction of sp³-hybridized carbons (Fsp3) is 0.357. The average molecular weight is 215 g/mol. The molecule has 2 rings (SSSR count). The van der Waals surface area contributed by atoms with Gasteiger partial charge in [-0.3, -0.25) is 4.79 Å². The van der Waals surface area contributed by atoms with Crippen LogP contribution in [0.3, 0.4) is 0 Å². The number of carbonyl (C=O) groups is 1. The van der Waals surface area contributed by atoms with Crippen molar-refractivity contribution in [2.24, 2.45) is 0 Å². The number of nitrogens with one attached hydrogen (secondary N) is 1. The lowest BCUT2D eigenvalue weighted by Crippen LogP contribution is -2.12. The molecule has 1 aliphatic rings. The average Bonchev–Trinajstić information content (AvgIpc) is 2.15. The Hall–Kier alpha value is -1.57. The Labute approximate surface area is 96.4 Å². The van der Waals surface area contributed by atoms with E-state index in [1.54, 1.807) is 6.08 Å². The van der Waals surface area contributed by atoms with Crippen LogP contribution in [0.15, 0.2) is 24.3 Å². The van der Waals surface area contributed by atoms with Crippen LogP contribution in [0.5, 0.6) is 0 Å². The van der Waals surface area contributed by atoms with Crippen molar-refractivity contribution in [2.75, 3.05) is 5.32 Å². The van der Waals surface area contributed by atoms with Crippen LogP contribution in [0.4, 0.5) is 5.69 Å². The third kappa shape index (κ3) is 2.16. The Kier molecular flexibility index (Phi) is 2.82. The summed E-state index contributed by atoms with van der Waals surface area (Å²) in [5, 5.41) is 3.35. The highest BCUT2D eigenvalue weighted by Crippen LogP contribution is 2.27. The summed E-state index contributed by atoms with van der Waals surface area (Å²) in [7, 11) is 0. The summed E-state index contributed by atoms with van der Waals surface area (Å²) in [6.07, 6.45) is 2.26. The van der Waals surface area contributed by atoms with E-state index in [-0.39, 0.29) is 5.78 Å². The van der Waals surface area contributed by atoms with Gasteiger partial charge < -0.3 is 5.32 Å². The molecule has 1 N–H and O–H groups in total. The van der Waals surface area contributed by atoms with Crippen LogP contribution in [0.2, 0.25) is 0 Å². The fourth-order valence-electron chi connectivity index (χ4n) is 2.11. The summed E-state index contributed by atoms with van der Waals surface area (Å²) in [5.74, 6) is 0.201. The lowest BCUT2D eigenvalue weighted by Gasteiger charge is -2.17. The quantitative estimate of drug-likeness (QED) is 0.821. The highest BCUT2D eigenvalue weighted by atomic mass is 16.1. The van der Waals surface area contributed by atoms with Crippen molar-refractivity contribution in [1.29, 1.82) is 0 Å². The third-order valence-corrected chi connectivity index (χ3v) is 2.73. The zero-order valence-electron chi connectivity index (χ0n) is 10.0. The molecule has 0 saturated heterocycles. The zero-order chi connectivity index (χ0) is 11.7. The number of ketones is 1. The number of carbonyl (C=O) groups excluding carboxylic acids is 1. The summed E-state index contributed by atoms with van der Waals surface area (Å²) in [6, 6.07) is 6.67. The highest BCUT2D eigenvalue weighted by molar-refractivity contribution is 6.01. The van der Waals surface area contributed by atoms with Crippen LogP contribution in [0.25, 0.3) is 5.57 Å². The van der Waals surface area contributed by atoms with Crippen molar-refractivity contribution < 1.29 is 4.79 Å². The van der Waals surface area contributed by atoms with Crippen molar-refractivity contribution in [1.82, 2.24) is 0 Å². The van der Waals surface area contributed by atoms with Crippen molar-refractivity contribution in [3.63, 3.8) is 0 Å². The fourth-order valence-corrected chi connectivity index (χ4v) is 2.11. The molecule has 0 radical (unpaired) electrons. The van der Waals surface area contributed by atoms with Gasteiger partial charge in [-0.05, 0) is 55.7 Å². The molecule has 2 heteroatoms. The lowest BCUT2D eigenvalue weighted by molar-refractivity contribution is -0.114. The van der Waals surface area contributed by atoms with Crippen molar-refractivity contribution >= 4 is 17.0 Å². The van der Waals surface area contributed by atoms with Crippen molar-refractivity contribution in [3.05, 3.63) is 35.4 Å². The molecule has 0 aliphatic heterocycles. The molecule has 0 amide bonds. The number of benzene rings is 1. The van der Waals surface area contributed by atoms with Gasteiger partial charge in [0.15, 0.2) is 5.78 Å². The van der Waals surface area contributed by atoms with E-state index < -0.39 is 0 Å². The van der Waals surface area contributed by atoms with Gasteiger partial charge >= 0.3 is 0 Å². The van der Waals surface area contributed by atoms with E-state index in [2.05, 4.69) is 37.4 Å². The van der Waals surface area contributed by atoms with Crippen LogP contribution >= 0.6 is 0 Å². The number of hydrogen-bond acceptors (Lipinski definition) is 2. The van der Waals surface area contributed by atoms with Gasteiger partial charge in [-0.2, -0.15) is 0 Å². The molecule has 0 saturated carbocycles. The zero-order valence-corrected chi connectivity index (χ0v) is 10.0. The van der Waals surface area contributed by atoms with Crippen LogP contribution in [0, 0.1) is 0 Å². The largest absolute Gasteiger partial charge is 0.383 e. The Bertz CT molecular complexity index is 458. The van der Waals surface area contributed by atoms with Gasteiger partial charge in [0, 0.05) is 18.2 Å².